The highest BCUT2D eigenvalue weighted by molar-refractivity contribution is 7.99. The fraction of sp³-hybridized carbons (Fsp3) is 0. The minimum absolute atomic E-state index is 0.167. The second-order valence-corrected chi connectivity index (χ2v) is 4.35. The SMILES string of the molecule is O=[N+]([O-])c1ccc(Sc2ccc(O)cc2)cn1. The van der Waals surface area contributed by atoms with E-state index in [4.69, 9.17) is 5.11 Å². The van der Waals surface area contributed by atoms with E-state index < -0.39 is 4.92 Å². The monoisotopic (exact) mass is 248 g/mol. The number of phenols is 1. The quantitative estimate of drug-likeness (QED) is 0.667. The molecule has 2 aromatic rings. The minimum atomic E-state index is -0.533. The van der Waals surface area contributed by atoms with Crippen molar-refractivity contribution in [3.8, 4) is 5.75 Å². The van der Waals surface area contributed by atoms with Crippen LogP contribution in [0.3, 0.4) is 0 Å². The van der Waals surface area contributed by atoms with E-state index in [1.54, 1.807) is 30.3 Å². The highest BCUT2D eigenvalue weighted by Crippen LogP contribution is 2.28. The second kappa shape index (κ2) is 4.84. The van der Waals surface area contributed by atoms with Crippen LogP contribution < -0.4 is 0 Å². The van der Waals surface area contributed by atoms with Gasteiger partial charge in [-0.15, -0.1) is 0 Å². The molecule has 0 spiro atoms. The Morgan fingerprint density at radius 2 is 1.76 bits per heavy atom. The number of nitrogens with zero attached hydrogens (tertiary/aromatic N) is 2. The van der Waals surface area contributed by atoms with Crippen molar-refractivity contribution < 1.29 is 10.0 Å². The first-order valence-electron chi connectivity index (χ1n) is 4.72. The van der Waals surface area contributed by atoms with Crippen LogP contribution in [0.15, 0.2) is 52.4 Å². The summed E-state index contributed by atoms with van der Waals surface area (Å²) >= 11 is 1.42. The Morgan fingerprint density at radius 3 is 2.29 bits per heavy atom. The van der Waals surface area contributed by atoms with E-state index in [1.165, 1.54) is 24.0 Å². The van der Waals surface area contributed by atoms with Crippen molar-refractivity contribution in [2.24, 2.45) is 0 Å². The van der Waals surface area contributed by atoms with Crippen LogP contribution in [0.4, 0.5) is 5.82 Å². The summed E-state index contributed by atoms with van der Waals surface area (Å²) in [7, 11) is 0. The summed E-state index contributed by atoms with van der Waals surface area (Å²) in [6, 6.07) is 9.70. The minimum Gasteiger partial charge on any atom is -0.508 e. The zero-order chi connectivity index (χ0) is 12.3. The summed E-state index contributed by atoms with van der Waals surface area (Å²) in [6.45, 7) is 0. The van der Waals surface area contributed by atoms with E-state index in [0.29, 0.717) is 0 Å². The number of rotatable bonds is 3. The molecule has 1 aromatic heterocycles. The first-order valence-corrected chi connectivity index (χ1v) is 5.54. The molecule has 1 heterocycles. The molecule has 0 saturated heterocycles. The van der Waals surface area contributed by atoms with Crippen LogP contribution >= 0.6 is 11.8 Å². The first kappa shape index (κ1) is 11.4. The Balaban J connectivity index is 2.13. The third-order valence-corrected chi connectivity index (χ3v) is 2.97. The maximum Gasteiger partial charge on any atom is 0.363 e. The lowest BCUT2D eigenvalue weighted by Gasteiger charge is -1.99. The van der Waals surface area contributed by atoms with Crippen LogP contribution in [-0.2, 0) is 0 Å². The highest BCUT2D eigenvalue weighted by Gasteiger charge is 2.07. The molecule has 86 valence electrons. The molecule has 0 saturated carbocycles. The summed E-state index contributed by atoms with van der Waals surface area (Å²) in [5.74, 6) is 0.0382. The second-order valence-electron chi connectivity index (χ2n) is 3.21. The number of pyridine rings is 1. The molecule has 0 radical (unpaired) electrons. The normalized spacial score (nSPS) is 10.1. The molecule has 17 heavy (non-hydrogen) atoms. The molecular formula is C11H8N2O3S. The summed E-state index contributed by atoms with van der Waals surface area (Å²) in [4.78, 5) is 15.3. The van der Waals surface area contributed by atoms with Gasteiger partial charge in [0.25, 0.3) is 0 Å². The third-order valence-electron chi connectivity index (χ3n) is 1.98. The number of phenolic OH excluding ortho intramolecular Hbond substituents is 1. The summed E-state index contributed by atoms with van der Waals surface area (Å²) < 4.78 is 0. The van der Waals surface area contributed by atoms with E-state index in [2.05, 4.69) is 4.98 Å². The molecule has 0 fully saturated rings. The molecule has 0 aliphatic rings. The zero-order valence-corrected chi connectivity index (χ0v) is 9.42. The first-order chi connectivity index (χ1) is 8.15. The molecule has 5 nitrogen and oxygen atoms in total. The van der Waals surface area contributed by atoms with E-state index in [1.807, 2.05) is 0 Å². The molecule has 6 heteroatoms. The van der Waals surface area contributed by atoms with Crippen molar-refractivity contribution in [1.29, 1.82) is 0 Å². The zero-order valence-electron chi connectivity index (χ0n) is 8.61. The van der Waals surface area contributed by atoms with Gasteiger partial charge >= 0.3 is 5.82 Å². The van der Waals surface area contributed by atoms with Crippen LogP contribution in [0.2, 0.25) is 0 Å². The van der Waals surface area contributed by atoms with Crippen LogP contribution in [0.1, 0.15) is 0 Å². The van der Waals surface area contributed by atoms with E-state index in [0.717, 1.165) is 9.79 Å². The maximum atomic E-state index is 10.4. The molecule has 0 amide bonds. The average molecular weight is 248 g/mol. The van der Waals surface area contributed by atoms with Crippen molar-refractivity contribution in [3.63, 3.8) is 0 Å². The van der Waals surface area contributed by atoms with E-state index in [-0.39, 0.29) is 11.6 Å². The van der Waals surface area contributed by atoms with E-state index >= 15 is 0 Å². The number of hydrogen-bond donors (Lipinski definition) is 1. The molecule has 1 aromatic carbocycles. The lowest BCUT2D eigenvalue weighted by atomic mass is 10.3. The van der Waals surface area contributed by atoms with Gasteiger partial charge in [0.1, 0.15) is 5.75 Å². The van der Waals surface area contributed by atoms with Gasteiger partial charge in [-0.05, 0) is 40.2 Å². The number of aromatic nitrogens is 1. The van der Waals surface area contributed by atoms with Crippen molar-refractivity contribution in [3.05, 3.63) is 52.7 Å². The van der Waals surface area contributed by atoms with E-state index in [9.17, 15) is 10.1 Å². The van der Waals surface area contributed by atoms with Gasteiger partial charge in [0.05, 0.1) is 4.90 Å². The fourth-order valence-electron chi connectivity index (χ4n) is 1.19. The summed E-state index contributed by atoms with van der Waals surface area (Å²) in [5, 5.41) is 19.5. The smallest absolute Gasteiger partial charge is 0.363 e. The average Bonchev–Trinajstić information content (AvgIpc) is 2.33. The molecule has 2 rings (SSSR count). The van der Waals surface area contributed by atoms with Crippen LogP contribution in [0, 0.1) is 10.1 Å². The Kier molecular flexibility index (Phi) is 3.24. The molecule has 0 aliphatic carbocycles. The Hall–Kier alpha value is -2.08. The lowest BCUT2D eigenvalue weighted by molar-refractivity contribution is -0.389. The summed E-state index contributed by atoms with van der Waals surface area (Å²) in [5.41, 5.74) is 0. The number of hydrogen-bond acceptors (Lipinski definition) is 5. The standard InChI is InChI=1S/C11H8N2O3S/c14-8-1-3-9(4-2-8)17-10-5-6-11(12-7-10)13(15)16/h1-7,14H. The predicted octanol–water partition coefficient (Wildman–Crippen LogP) is 2.85. The van der Waals surface area contributed by atoms with Crippen LogP contribution in [0.5, 0.6) is 5.75 Å². The van der Waals surface area contributed by atoms with Crippen LogP contribution in [0.25, 0.3) is 0 Å². The van der Waals surface area contributed by atoms with Gasteiger partial charge < -0.3 is 15.2 Å². The third kappa shape index (κ3) is 2.94. The predicted molar refractivity (Wildman–Crippen MR) is 63.1 cm³/mol. The van der Waals surface area contributed by atoms with Gasteiger partial charge in [-0.3, -0.25) is 0 Å². The topological polar surface area (TPSA) is 76.3 Å². The fourth-order valence-corrected chi connectivity index (χ4v) is 1.98. The largest absolute Gasteiger partial charge is 0.508 e. The lowest BCUT2D eigenvalue weighted by Crippen LogP contribution is -1.90. The Labute approximate surface area is 101 Å². The van der Waals surface area contributed by atoms with Crippen LogP contribution in [-0.4, -0.2) is 15.0 Å². The Morgan fingerprint density at radius 1 is 1.12 bits per heavy atom. The van der Waals surface area contributed by atoms with Crippen molar-refractivity contribution >= 4 is 17.6 Å². The van der Waals surface area contributed by atoms with Crippen molar-refractivity contribution in [2.75, 3.05) is 0 Å². The van der Waals surface area contributed by atoms with Gasteiger partial charge in [0.2, 0.25) is 0 Å². The molecule has 0 aliphatic heterocycles. The summed E-state index contributed by atoms with van der Waals surface area (Å²) in [6.07, 6.45) is 1.45. The molecule has 0 atom stereocenters. The number of aromatic hydroxyl groups is 1. The van der Waals surface area contributed by atoms with Gasteiger partial charge in [0, 0.05) is 11.0 Å². The molecule has 0 unspecified atom stereocenters. The Bertz CT molecular complexity index is 525. The maximum absolute atomic E-state index is 10.4. The van der Waals surface area contributed by atoms with Gasteiger partial charge in [-0.25, -0.2) is 0 Å². The number of benzene rings is 1. The van der Waals surface area contributed by atoms with Crippen molar-refractivity contribution in [2.45, 2.75) is 9.79 Å². The highest BCUT2D eigenvalue weighted by atomic mass is 32.2. The molecule has 0 bridgehead atoms. The number of nitro groups is 1. The van der Waals surface area contributed by atoms with Gasteiger partial charge in [-0.2, -0.15) is 0 Å². The molecule has 1 N–H and O–H groups in total. The van der Waals surface area contributed by atoms with Gasteiger partial charge in [-0.1, -0.05) is 11.8 Å². The van der Waals surface area contributed by atoms with Gasteiger partial charge in [0.15, 0.2) is 6.20 Å². The molecular weight excluding hydrogens is 240 g/mol. The van der Waals surface area contributed by atoms with Crippen molar-refractivity contribution in [1.82, 2.24) is 4.98 Å².